The Labute approximate surface area is 236 Å². The molecule has 42 heavy (non-hydrogen) atoms. The van der Waals surface area contributed by atoms with Gasteiger partial charge < -0.3 is 4.74 Å². The monoisotopic (exact) mass is 598 g/mol. The molecule has 0 aromatic heterocycles. The van der Waals surface area contributed by atoms with E-state index in [0.29, 0.717) is 25.0 Å². The van der Waals surface area contributed by atoms with Crippen molar-refractivity contribution in [3.63, 3.8) is 0 Å². The van der Waals surface area contributed by atoms with E-state index >= 15 is 13.2 Å². The van der Waals surface area contributed by atoms with E-state index in [1.165, 1.54) is 18.2 Å². The Bertz CT molecular complexity index is 1640. The van der Waals surface area contributed by atoms with Crippen LogP contribution in [0, 0.1) is 46.6 Å². The maximum absolute atomic E-state index is 15.5. The molecule has 1 aliphatic carbocycles. The highest BCUT2D eigenvalue weighted by Crippen LogP contribution is 2.45. The molecule has 0 N–H and O–H groups in total. The van der Waals surface area contributed by atoms with Crippen LogP contribution in [0.2, 0.25) is 0 Å². The second-order valence-corrected chi connectivity index (χ2v) is 10.9. The number of ether oxygens (including phenoxy) is 1. The Hall–Kier alpha value is -3.43. The van der Waals surface area contributed by atoms with Gasteiger partial charge in [0.15, 0.2) is 29.1 Å². The van der Waals surface area contributed by atoms with Crippen LogP contribution in [0.4, 0.5) is 39.5 Å². The van der Waals surface area contributed by atoms with Gasteiger partial charge in [0.1, 0.15) is 17.4 Å². The average Bonchev–Trinajstić information content (AvgIpc) is 2.94. The molecule has 0 saturated heterocycles. The molecule has 0 atom stereocenters. The SMILES string of the molecule is CCCCCc1cc2ccc(C3CCC(C(F)(F)Oc4cc(F)c5c(F)c(F)c(F)cc5c4)CC3)c(F)c2c(F)c1F. The van der Waals surface area contributed by atoms with Crippen molar-refractivity contribution in [1.82, 2.24) is 0 Å². The van der Waals surface area contributed by atoms with Gasteiger partial charge >= 0.3 is 6.11 Å². The second kappa shape index (κ2) is 11.7. The molecule has 0 heterocycles. The molecule has 1 saturated carbocycles. The number of alkyl halides is 2. The van der Waals surface area contributed by atoms with Crippen molar-refractivity contribution in [3.05, 3.63) is 88.2 Å². The van der Waals surface area contributed by atoms with Crippen LogP contribution in [0.15, 0.2) is 36.4 Å². The molecule has 0 bridgehead atoms. The standard InChI is InChI=1S/C32H27F9O/c1-2-3-4-5-18-12-17-8-11-22(28(36)26(17)31(39)27(18)35)16-6-9-20(10-7-16)32(40,41)42-21-13-19-14-24(34)29(37)30(38)25(19)23(33)15-21/h8,11-16,20H,2-7,9-10H2,1H3. The van der Waals surface area contributed by atoms with Gasteiger partial charge in [-0.1, -0.05) is 31.9 Å². The van der Waals surface area contributed by atoms with Crippen LogP contribution in [-0.4, -0.2) is 6.11 Å². The van der Waals surface area contributed by atoms with E-state index in [9.17, 15) is 26.3 Å². The average molecular weight is 599 g/mol. The Morgan fingerprint density at radius 3 is 2.07 bits per heavy atom. The maximum Gasteiger partial charge on any atom is 0.400 e. The first-order valence-electron chi connectivity index (χ1n) is 13.9. The Morgan fingerprint density at radius 1 is 0.690 bits per heavy atom. The number of hydrogen-bond donors (Lipinski definition) is 0. The largest absolute Gasteiger partial charge is 0.432 e. The summed E-state index contributed by atoms with van der Waals surface area (Å²) in [6.07, 6.45) is -1.16. The summed E-state index contributed by atoms with van der Waals surface area (Å²) in [6.45, 7) is 1.98. The summed E-state index contributed by atoms with van der Waals surface area (Å²) in [6, 6.07) is 6.16. The number of unbranched alkanes of at least 4 members (excludes halogenated alkanes) is 2. The van der Waals surface area contributed by atoms with Gasteiger partial charge in [0.05, 0.1) is 16.7 Å². The minimum Gasteiger partial charge on any atom is -0.432 e. The van der Waals surface area contributed by atoms with E-state index in [2.05, 4.69) is 0 Å². The highest BCUT2D eigenvalue weighted by Gasteiger charge is 2.44. The van der Waals surface area contributed by atoms with Crippen molar-refractivity contribution >= 4 is 21.5 Å². The smallest absolute Gasteiger partial charge is 0.400 e. The molecule has 0 aliphatic heterocycles. The van der Waals surface area contributed by atoms with Crippen LogP contribution in [0.1, 0.15) is 68.9 Å². The molecular formula is C32H27F9O. The predicted molar refractivity (Wildman–Crippen MR) is 141 cm³/mol. The third kappa shape index (κ3) is 5.52. The summed E-state index contributed by atoms with van der Waals surface area (Å²) >= 11 is 0. The minimum atomic E-state index is -3.83. The van der Waals surface area contributed by atoms with E-state index < -0.39 is 80.6 Å². The minimum absolute atomic E-state index is 0.0903. The van der Waals surface area contributed by atoms with Crippen molar-refractivity contribution in [2.45, 2.75) is 70.3 Å². The highest BCUT2D eigenvalue weighted by atomic mass is 19.3. The lowest BCUT2D eigenvalue weighted by molar-refractivity contribution is -0.222. The zero-order chi connectivity index (χ0) is 30.3. The van der Waals surface area contributed by atoms with Gasteiger partial charge in [-0.25, -0.2) is 30.7 Å². The third-order valence-corrected chi connectivity index (χ3v) is 8.17. The number of aryl methyl sites for hydroxylation is 1. The van der Waals surface area contributed by atoms with Crippen LogP contribution in [-0.2, 0) is 6.42 Å². The van der Waals surface area contributed by atoms with E-state index in [-0.39, 0.29) is 42.2 Å². The molecule has 224 valence electrons. The maximum atomic E-state index is 15.5. The number of rotatable bonds is 8. The van der Waals surface area contributed by atoms with E-state index in [1.807, 2.05) is 6.92 Å². The lowest BCUT2D eigenvalue weighted by Gasteiger charge is -2.33. The fraction of sp³-hybridized carbons (Fsp3) is 0.375. The zero-order valence-electron chi connectivity index (χ0n) is 22.6. The Balaban J connectivity index is 1.32. The molecule has 10 heteroatoms. The number of halogens is 9. The molecule has 5 rings (SSSR count). The summed E-state index contributed by atoms with van der Waals surface area (Å²) in [5, 5.41) is -1.64. The first-order valence-corrected chi connectivity index (χ1v) is 13.9. The summed E-state index contributed by atoms with van der Waals surface area (Å²) in [7, 11) is 0. The predicted octanol–water partition coefficient (Wildman–Crippen LogP) is 10.6. The number of fused-ring (bicyclic) bond motifs is 2. The van der Waals surface area contributed by atoms with Crippen molar-refractivity contribution in [2.24, 2.45) is 5.92 Å². The molecule has 0 unspecified atom stereocenters. The second-order valence-electron chi connectivity index (χ2n) is 10.9. The molecular weight excluding hydrogens is 571 g/mol. The zero-order valence-corrected chi connectivity index (χ0v) is 22.6. The number of hydrogen-bond acceptors (Lipinski definition) is 1. The molecule has 1 nitrogen and oxygen atoms in total. The summed E-state index contributed by atoms with van der Waals surface area (Å²) in [5.74, 6) is -12.6. The van der Waals surface area contributed by atoms with Crippen LogP contribution < -0.4 is 4.74 Å². The fourth-order valence-corrected chi connectivity index (χ4v) is 5.92. The quantitative estimate of drug-likeness (QED) is 0.111. The van der Waals surface area contributed by atoms with Gasteiger partial charge in [-0.2, -0.15) is 8.78 Å². The van der Waals surface area contributed by atoms with Gasteiger partial charge in [0, 0.05) is 6.07 Å². The molecule has 4 aromatic carbocycles. The van der Waals surface area contributed by atoms with Crippen molar-refractivity contribution in [3.8, 4) is 5.75 Å². The Kier molecular flexibility index (Phi) is 8.36. The van der Waals surface area contributed by atoms with Gasteiger partial charge in [0.2, 0.25) is 0 Å². The van der Waals surface area contributed by atoms with Crippen molar-refractivity contribution in [1.29, 1.82) is 0 Å². The molecule has 1 aliphatic rings. The normalized spacial score (nSPS) is 17.8. The lowest BCUT2D eigenvalue weighted by atomic mass is 9.77. The van der Waals surface area contributed by atoms with Gasteiger partial charge in [-0.05, 0) is 84.5 Å². The first kappa shape index (κ1) is 30.0. The molecule has 0 spiro atoms. The third-order valence-electron chi connectivity index (χ3n) is 8.17. The molecule has 1 fully saturated rings. The fourth-order valence-electron chi connectivity index (χ4n) is 5.92. The molecule has 0 radical (unpaired) electrons. The van der Waals surface area contributed by atoms with E-state index in [1.54, 1.807) is 0 Å². The van der Waals surface area contributed by atoms with Crippen molar-refractivity contribution < 1.29 is 44.3 Å². The van der Waals surface area contributed by atoms with Crippen LogP contribution in [0.5, 0.6) is 5.75 Å². The van der Waals surface area contributed by atoms with Crippen molar-refractivity contribution in [2.75, 3.05) is 0 Å². The van der Waals surface area contributed by atoms with E-state index in [4.69, 9.17) is 4.74 Å². The summed E-state index contributed by atoms with van der Waals surface area (Å²) < 4.78 is 136. The topological polar surface area (TPSA) is 9.23 Å². The molecule has 4 aromatic rings. The summed E-state index contributed by atoms with van der Waals surface area (Å²) in [4.78, 5) is 0. The Morgan fingerprint density at radius 2 is 1.38 bits per heavy atom. The summed E-state index contributed by atoms with van der Waals surface area (Å²) in [5.41, 5.74) is 0.284. The van der Waals surface area contributed by atoms with Crippen LogP contribution >= 0.6 is 0 Å². The highest BCUT2D eigenvalue weighted by molar-refractivity contribution is 5.86. The lowest BCUT2D eigenvalue weighted by Crippen LogP contribution is -2.37. The number of benzene rings is 4. The van der Waals surface area contributed by atoms with Crippen LogP contribution in [0.3, 0.4) is 0 Å². The van der Waals surface area contributed by atoms with Gasteiger partial charge in [-0.3, -0.25) is 0 Å². The first-order chi connectivity index (χ1) is 19.9. The van der Waals surface area contributed by atoms with E-state index in [0.717, 1.165) is 18.9 Å². The molecule has 0 amide bonds. The van der Waals surface area contributed by atoms with Gasteiger partial charge in [-0.15, -0.1) is 0 Å². The van der Waals surface area contributed by atoms with Crippen LogP contribution in [0.25, 0.3) is 21.5 Å². The van der Waals surface area contributed by atoms with Gasteiger partial charge in [0.25, 0.3) is 0 Å².